The summed E-state index contributed by atoms with van der Waals surface area (Å²) < 4.78 is 4.65. The second-order valence-electron chi connectivity index (χ2n) is 2.40. The summed E-state index contributed by atoms with van der Waals surface area (Å²) >= 11 is 0. The van der Waals surface area contributed by atoms with Gasteiger partial charge in [-0.2, -0.15) is 0 Å². The monoisotopic (exact) mass is 186 g/mol. The fourth-order valence-corrected chi connectivity index (χ4v) is 0.353. The van der Waals surface area contributed by atoms with Gasteiger partial charge in [0.05, 0.1) is 6.61 Å². The Bertz CT molecular complexity index is 162. The molecular weight excluding hydrogens is 168 g/mol. The van der Waals surface area contributed by atoms with Crippen molar-refractivity contribution in [1.82, 2.24) is 0 Å². The zero-order valence-electron chi connectivity index (χ0n) is 8.38. The number of ether oxygens (including phenoxy) is 1. The van der Waals surface area contributed by atoms with Gasteiger partial charge >= 0.3 is 5.97 Å². The summed E-state index contributed by atoms with van der Waals surface area (Å²) in [5, 5.41) is 8.30. The third-order valence-electron chi connectivity index (χ3n) is 0.884. The fraction of sp³-hybridized carbons (Fsp3) is 0.500. The van der Waals surface area contributed by atoms with Gasteiger partial charge in [0, 0.05) is 18.6 Å². The highest BCUT2D eigenvalue weighted by atomic mass is 16.5. The van der Waals surface area contributed by atoms with Crippen molar-refractivity contribution in [2.45, 2.75) is 20.3 Å². The van der Waals surface area contributed by atoms with Crippen molar-refractivity contribution in [2.24, 2.45) is 0 Å². The lowest BCUT2D eigenvalue weighted by Gasteiger charge is -2.00. The Kier molecular flexibility index (Phi) is 12.1. The summed E-state index contributed by atoms with van der Waals surface area (Å²) in [6.45, 7) is 10.5. The summed E-state index contributed by atoms with van der Waals surface area (Å²) in [4.78, 5) is 10.6. The van der Waals surface area contributed by atoms with E-state index in [2.05, 4.69) is 17.9 Å². The van der Waals surface area contributed by atoms with Crippen LogP contribution >= 0.6 is 0 Å². The molecule has 0 unspecified atom stereocenters. The molecule has 0 aromatic carbocycles. The number of carbonyl (C=O) groups is 1. The van der Waals surface area contributed by atoms with Crippen LogP contribution in [0.25, 0.3) is 0 Å². The third-order valence-corrected chi connectivity index (χ3v) is 0.884. The first-order chi connectivity index (χ1) is 6.09. The molecule has 0 saturated carbocycles. The average Bonchev–Trinajstić information content (AvgIpc) is 2.06. The summed E-state index contributed by atoms with van der Waals surface area (Å²) in [5.74, 6) is -0.395. The van der Waals surface area contributed by atoms with Crippen molar-refractivity contribution in [3.63, 3.8) is 0 Å². The highest BCUT2D eigenvalue weighted by Gasteiger charge is 2.00. The summed E-state index contributed by atoms with van der Waals surface area (Å²) in [6, 6.07) is 0. The van der Waals surface area contributed by atoms with Crippen LogP contribution in [0.5, 0.6) is 0 Å². The minimum atomic E-state index is -0.395. The lowest BCUT2D eigenvalue weighted by Crippen LogP contribution is -2.06. The van der Waals surface area contributed by atoms with Crippen molar-refractivity contribution >= 4 is 5.97 Å². The molecule has 0 atom stereocenters. The first kappa shape index (κ1) is 14.4. The molecule has 3 heteroatoms. The molecule has 0 aliphatic rings. The van der Waals surface area contributed by atoms with Crippen LogP contribution in [0.15, 0.2) is 24.8 Å². The van der Waals surface area contributed by atoms with Gasteiger partial charge in [-0.1, -0.05) is 12.7 Å². The lowest BCUT2D eigenvalue weighted by molar-refractivity contribution is -0.139. The molecule has 0 heterocycles. The number of hydrogen-bond donors (Lipinski definition) is 1. The summed E-state index contributed by atoms with van der Waals surface area (Å²) in [7, 11) is 0. The van der Waals surface area contributed by atoms with Gasteiger partial charge in [-0.05, 0) is 13.8 Å². The molecule has 0 aromatic heterocycles. The predicted octanol–water partition coefficient (Wildman–Crippen LogP) is 1.68. The largest absolute Gasteiger partial charge is 0.462 e. The van der Waals surface area contributed by atoms with Gasteiger partial charge in [-0.25, -0.2) is 4.79 Å². The van der Waals surface area contributed by atoms with Gasteiger partial charge in [0.25, 0.3) is 0 Å². The number of rotatable bonds is 4. The number of aliphatic hydroxyl groups excluding tert-OH is 1. The van der Waals surface area contributed by atoms with E-state index in [9.17, 15) is 4.79 Å². The van der Waals surface area contributed by atoms with Crippen molar-refractivity contribution in [3.8, 4) is 0 Å². The van der Waals surface area contributed by atoms with Gasteiger partial charge in [-0.15, -0.1) is 6.58 Å². The molecule has 0 rings (SSSR count). The number of aliphatic hydroxyl groups is 1. The van der Waals surface area contributed by atoms with E-state index in [0.29, 0.717) is 12.0 Å². The average molecular weight is 186 g/mol. The Hall–Kier alpha value is -1.09. The first-order valence-electron chi connectivity index (χ1n) is 4.10. The van der Waals surface area contributed by atoms with Gasteiger partial charge < -0.3 is 9.84 Å². The van der Waals surface area contributed by atoms with Crippen LogP contribution in [0.4, 0.5) is 0 Å². The molecule has 3 nitrogen and oxygen atoms in total. The van der Waals surface area contributed by atoms with Crippen molar-refractivity contribution in [1.29, 1.82) is 0 Å². The second kappa shape index (κ2) is 10.9. The van der Waals surface area contributed by atoms with Crippen LogP contribution in [0.3, 0.4) is 0 Å². The van der Waals surface area contributed by atoms with Crippen LogP contribution < -0.4 is 0 Å². The summed E-state index contributed by atoms with van der Waals surface area (Å²) in [5.41, 5.74) is 0.387. The minimum absolute atomic E-state index is 0.0451. The highest BCUT2D eigenvalue weighted by molar-refractivity contribution is 5.86. The number of esters is 1. The Morgan fingerprint density at radius 1 is 1.62 bits per heavy atom. The van der Waals surface area contributed by atoms with Crippen molar-refractivity contribution in [3.05, 3.63) is 24.8 Å². The molecule has 0 aliphatic heterocycles. The Balaban J connectivity index is 0. The molecule has 1 N–H and O–H groups in total. The maximum absolute atomic E-state index is 10.6. The van der Waals surface area contributed by atoms with E-state index < -0.39 is 5.97 Å². The van der Waals surface area contributed by atoms with Crippen LogP contribution in [0, 0.1) is 0 Å². The molecule has 76 valence electrons. The third kappa shape index (κ3) is 13.8. The molecule has 0 amide bonds. The van der Waals surface area contributed by atoms with Gasteiger partial charge in [0.15, 0.2) is 0 Å². The van der Waals surface area contributed by atoms with Crippen LogP contribution in [0.1, 0.15) is 20.3 Å². The standard InChI is InChI=1S/C7H12O3.C3H6/c1-6(2)7(9)10-5-3-4-8;1-3-2/h8H,1,3-5H2,2H3;3H,1H2,2H3. The van der Waals surface area contributed by atoms with E-state index >= 15 is 0 Å². The SMILES string of the molecule is C=C(C)C(=O)OCCCO.C=CC. The van der Waals surface area contributed by atoms with Gasteiger partial charge in [0.2, 0.25) is 0 Å². The predicted molar refractivity (Wildman–Crippen MR) is 53.3 cm³/mol. The number of allylic oxidation sites excluding steroid dienone is 1. The van der Waals surface area contributed by atoms with E-state index in [1.165, 1.54) is 0 Å². The molecule has 0 aromatic rings. The molecule has 0 fully saturated rings. The maximum atomic E-state index is 10.6. The van der Waals surface area contributed by atoms with E-state index in [1.807, 2.05) is 6.92 Å². The molecule has 0 aliphatic carbocycles. The molecule has 0 spiro atoms. The topological polar surface area (TPSA) is 46.5 Å². The fourth-order valence-electron chi connectivity index (χ4n) is 0.353. The van der Waals surface area contributed by atoms with Crippen molar-refractivity contribution < 1.29 is 14.6 Å². The molecule has 0 radical (unpaired) electrons. The van der Waals surface area contributed by atoms with Crippen LogP contribution in [-0.2, 0) is 9.53 Å². The zero-order chi connectivity index (χ0) is 10.7. The normalized spacial score (nSPS) is 7.92. The highest BCUT2D eigenvalue weighted by Crippen LogP contribution is 1.92. The van der Waals surface area contributed by atoms with E-state index in [0.717, 1.165) is 0 Å². The quantitative estimate of drug-likeness (QED) is 0.314. The van der Waals surface area contributed by atoms with Gasteiger partial charge in [0.1, 0.15) is 0 Å². The Labute approximate surface area is 79.7 Å². The number of hydrogen-bond acceptors (Lipinski definition) is 3. The van der Waals surface area contributed by atoms with Gasteiger partial charge in [-0.3, -0.25) is 0 Å². The van der Waals surface area contributed by atoms with Crippen LogP contribution in [0.2, 0.25) is 0 Å². The van der Waals surface area contributed by atoms with E-state index in [1.54, 1.807) is 13.0 Å². The summed E-state index contributed by atoms with van der Waals surface area (Å²) in [6.07, 6.45) is 2.24. The van der Waals surface area contributed by atoms with Crippen LogP contribution in [-0.4, -0.2) is 24.3 Å². The minimum Gasteiger partial charge on any atom is -0.462 e. The molecule has 13 heavy (non-hydrogen) atoms. The smallest absolute Gasteiger partial charge is 0.333 e. The molecular formula is C10H18O3. The lowest BCUT2D eigenvalue weighted by atomic mass is 10.4. The van der Waals surface area contributed by atoms with E-state index in [4.69, 9.17) is 5.11 Å². The second-order valence-corrected chi connectivity index (χ2v) is 2.40. The van der Waals surface area contributed by atoms with Crippen molar-refractivity contribution in [2.75, 3.05) is 13.2 Å². The first-order valence-corrected chi connectivity index (χ1v) is 4.10. The van der Waals surface area contributed by atoms with E-state index in [-0.39, 0.29) is 13.2 Å². The Morgan fingerprint density at radius 3 is 2.38 bits per heavy atom. The maximum Gasteiger partial charge on any atom is 0.333 e. The molecule has 0 saturated heterocycles. The zero-order valence-corrected chi connectivity index (χ0v) is 8.38. The Morgan fingerprint density at radius 2 is 2.08 bits per heavy atom. The molecule has 0 bridgehead atoms. The number of carbonyl (C=O) groups excluding carboxylic acids is 1.